The van der Waals surface area contributed by atoms with Crippen molar-refractivity contribution < 1.29 is 9.32 Å². The molecule has 6 heteroatoms. The number of fused-ring (bicyclic) bond motifs is 2. The lowest BCUT2D eigenvalue weighted by Crippen LogP contribution is -2.41. The molecule has 1 aromatic heterocycles. The Bertz CT molecular complexity index is 1230. The summed E-state index contributed by atoms with van der Waals surface area (Å²) < 4.78 is 5.95. The maximum absolute atomic E-state index is 13.8. The maximum Gasteiger partial charge on any atom is 0.196 e. The first-order valence-corrected chi connectivity index (χ1v) is 13.4. The smallest absolute Gasteiger partial charge is 0.196 e. The van der Waals surface area contributed by atoms with E-state index in [1.807, 2.05) is 24.3 Å². The molecule has 184 valence electrons. The largest absolute Gasteiger partial charge is 0.383 e. The highest BCUT2D eigenvalue weighted by Crippen LogP contribution is 2.46. The van der Waals surface area contributed by atoms with E-state index < -0.39 is 0 Å². The lowest BCUT2D eigenvalue weighted by atomic mass is 9.86. The molecule has 6 rings (SSSR count). The van der Waals surface area contributed by atoms with E-state index in [1.165, 1.54) is 32.1 Å². The summed E-state index contributed by atoms with van der Waals surface area (Å²) in [5.74, 6) is 2.27. The van der Waals surface area contributed by atoms with Gasteiger partial charge in [-0.3, -0.25) is 4.79 Å². The van der Waals surface area contributed by atoms with Crippen LogP contribution in [0.4, 0.5) is 11.4 Å². The van der Waals surface area contributed by atoms with Gasteiger partial charge in [-0.05, 0) is 37.2 Å². The molecule has 3 aliphatic rings. The van der Waals surface area contributed by atoms with Gasteiger partial charge < -0.3 is 19.6 Å². The van der Waals surface area contributed by atoms with Gasteiger partial charge in [-0.25, -0.2) is 0 Å². The number of piperidine rings is 1. The number of carbonyl (C=O) groups is 1. The SMILES string of the molecule is CC1CC(C)CN(CCNc2cc(N3CCCCCC3)c3noc4c3c2C(=O)c2ccccc2-4)C1. The number of hydrogen-bond acceptors (Lipinski definition) is 6. The number of benzene rings is 2. The Morgan fingerprint density at radius 1 is 1.03 bits per heavy atom. The average molecular weight is 473 g/mol. The van der Waals surface area contributed by atoms with Crippen LogP contribution in [0, 0.1) is 11.8 Å². The zero-order valence-corrected chi connectivity index (χ0v) is 21.0. The quantitative estimate of drug-likeness (QED) is 0.396. The predicted octanol–water partition coefficient (Wildman–Crippen LogP) is 5.81. The van der Waals surface area contributed by atoms with Crippen LogP contribution in [-0.2, 0) is 0 Å². The summed E-state index contributed by atoms with van der Waals surface area (Å²) in [4.78, 5) is 18.8. The molecule has 2 aromatic carbocycles. The monoisotopic (exact) mass is 472 g/mol. The fraction of sp³-hybridized carbons (Fsp3) is 0.517. The minimum atomic E-state index is 0.0615. The highest BCUT2D eigenvalue weighted by atomic mass is 16.5. The Morgan fingerprint density at radius 2 is 1.74 bits per heavy atom. The van der Waals surface area contributed by atoms with Gasteiger partial charge >= 0.3 is 0 Å². The predicted molar refractivity (Wildman–Crippen MR) is 141 cm³/mol. The second kappa shape index (κ2) is 9.30. The molecule has 3 aromatic rings. The van der Waals surface area contributed by atoms with Crippen molar-refractivity contribution in [3.8, 4) is 11.3 Å². The molecule has 6 nitrogen and oxygen atoms in total. The first-order valence-electron chi connectivity index (χ1n) is 13.4. The average Bonchev–Trinajstić information content (AvgIpc) is 3.10. The third-order valence-corrected chi connectivity index (χ3v) is 8.01. The normalized spacial score (nSPS) is 22.8. The van der Waals surface area contributed by atoms with Gasteiger partial charge in [0.25, 0.3) is 0 Å². The second-order valence-corrected chi connectivity index (χ2v) is 11.0. The standard InChI is InChI=1S/C29H36N4O2/c1-19-15-20(2)18-32(17-19)14-11-30-23-16-24(33-12-7-3-4-8-13-33)27-26-25(23)28(34)21-9-5-6-10-22(21)29(26)35-31-27/h5-6,9-10,16,19-20,30H,3-4,7-8,11-15,17-18H2,1-2H3. The molecular formula is C29H36N4O2. The first-order chi connectivity index (χ1) is 17.1. The Balaban J connectivity index is 1.39. The van der Waals surface area contributed by atoms with Crippen molar-refractivity contribution in [2.45, 2.75) is 46.0 Å². The Hall–Kier alpha value is -2.86. The highest BCUT2D eigenvalue weighted by Gasteiger charge is 2.33. The van der Waals surface area contributed by atoms with Crippen LogP contribution in [0.25, 0.3) is 22.2 Å². The van der Waals surface area contributed by atoms with Crippen molar-refractivity contribution in [1.82, 2.24) is 10.1 Å². The molecule has 0 amide bonds. The third kappa shape index (κ3) is 4.12. The summed E-state index contributed by atoms with van der Waals surface area (Å²) in [6.07, 6.45) is 6.22. The zero-order chi connectivity index (χ0) is 23.9. The van der Waals surface area contributed by atoms with Gasteiger partial charge in [-0.1, -0.05) is 56.1 Å². The van der Waals surface area contributed by atoms with E-state index in [2.05, 4.69) is 40.2 Å². The summed E-state index contributed by atoms with van der Waals surface area (Å²) in [5.41, 5.74) is 5.09. The van der Waals surface area contributed by atoms with E-state index in [0.717, 1.165) is 84.7 Å². The number of likely N-dealkylation sites (tertiary alicyclic amines) is 1. The van der Waals surface area contributed by atoms with Crippen LogP contribution >= 0.6 is 0 Å². The fourth-order valence-corrected chi connectivity index (χ4v) is 6.56. The molecule has 0 bridgehead atoms. The summed E-state index contributed by atoms with van der Waals surface area (Å²) in [6.45, 7) is 10.8. The number of nitrogens with one attached hydrogen (secondary N) is 1. The van der Waals surface area contributed by atoms with Crippen LogP contribution in [0.15, 0.2) is 34.9 Å². The minimum absolute atomic E-state index is 0.0615. The molecule has 0 radical (unpaired) electrons. The number of carbonyl (C=O) groups excluding carboxylic acids is 1. The molecule has 3 heterocycles. The Kier molecular flexibility index (Phi) is 6.01. The van der Waals surface area contributed by atoms with Crippen LogP contribution in [0.2, 0.25) is 0 Å². The molecule has 0 saturated carbocycles. The summed E-state index contributed by atoms with van der Waals surface area (Å²) >= 11 is 0. The van der Waals surface area contributed by atoms with Crippen molar-refractivity contribution in [1.29, 1.82) is 0 Å². The lowest BCUT2D eigenvalue weighted by Gasteiger charge is -2.35. The van der Waals surface area contributed by atoms with Crippen molar-refractivity contribution in [2.75, 3.05) is 49.5 Å². The van der Waals surface area contributed by atoms with E-state index in [1.54, 1.807) is 0 Å². The van der Waals surface area contributed by atoms with Gasteiger partial charge in [0.2, 0.25) is 0 Å². The van der Waals surface area contributed by atoms with Crippen molar-refractivity contribution in [2.24, 2.45) is 11.8 Å². The highest BCUT2D eigenvalue weighted by molar-refractivity contribution is 6.28. The van der Waals surface area contributed by atoms with Gasteiger partial charge in [0.1, 0.15) is 5.52 Å². The van der Waals surface area contributed by atoms with Crippen LogP contribution in [-0.4, -0.2) is 55.1 Å². The van der Waals surface area contributed by atoms with E-state index in [9.17, 15) is 4.79 Å². The van der Waals surface area contributed by atoms with Gasteiger partial charge in [0.05, 0.1) is 16.6 Å². The zero-order valence-electron chi connectivity index (χ0n) is 21.0. The van der Waals surface area contributed by atoms with Gasteiger partial charge in [-0.2, -0.15) is 0 Å². The number of ketones is 1. The molecule has 35 heavy (non-hydrogen) atoms. The lowest BCUT2D eigenvalue weighted by molar-refractivity contribution is 0.104. The van der Waals surface area contributed by atoms with Crippen LogP contribution in [0.5, 0.6) is 0 Å². The summed E-state index contributed by atoms with van der Waals surface area (Å²) in [5, 5.41) is 9.09. The topological polar surface area (TPSA) is 61.6 Å². The molecule has 1 aliphatic carbocycles. The molecular weight excluding hydrogens is 436 g/mol. The molecule has 2 aliphatic heterocycles. The summed E-state index contributed by atoms with van der Waals surface area (Å²) in [7, 11) is 0. The number of aromatic nitrogens is 1. The maximum atomic E-state index is 13.8. The van der Waals surface area contributed by atoms with E-state index in [-0.39, 0.29) is 5.78 Å². The number of rotatable bonds is 5. The van der Waals surface area contributed by atoms with Crippen LogP contribution in [0.3, 0.4) is 0 Å². The van der Waals surface area contributed by atoms with Crippen molar-refractivity contribution >= 4 is 28.1 Å². The van der Waals surface area contributed by atoms with Crippen LogP contribution < -0.4 is 10.2 Å². The second-order valence-electron chi connectivity index (χ2n) is 11.0. The number of nitrogens with zero attached hydrogens (tertiary/aromatic N) is 3. The van der Waals surface area contributed by atoms with E-state index in [0.29, 0.717) is 11.1 Å². The van der Waals surface area contributed by atoms with Crippen LogP contribution in [0.1, 0.15) is 61.9 Å². The Morgan fingerprint density at radius 3 is 2.49 bits per heavy atom. The number of anilines is 2. The molecule has 1 N–H and O–H groups in total. The minimum Gasteiger partial charge on any atom is -0.383 e. The van der Waals surface area contributed by atoms with Gasteiger partial charge in [0, 0.05) is 56.1 Å². The van der Waals surface area contributed by atoms with Crippen molar-refractivity contribution in [3.63, 3.8) is 0 Å². The van der Waals surface area contributed by atoms with Gasteiger partial charge in [0.15, 0.2) is 11.5 Å². The molecule has 2 atom stereocenters. The molecule has 0 spiro atoms. The third-order valence-electron chi connectivity index (χ3n) is 8.01. The molecule has 2 unspecified atom stereocenters. The number of hydrogen-bond donors (Lipinski definition) is 1. The van der Waals surface area contributed by atoms with E-state index >= 15 is 0 Å². The van der Waals surface area contributed by atoms with Crippen molar-refractivity contribution in [3.05, 3.63) is 41.5 Å². The Labute approximate surface area is 207 Å². The molecule has 2 fully saturated rings. The molecule has 2 saturated heterocycles. The van der Waals surface area contributed by atoms with E-state index in [4.69, 9.17) is 4.52 Å². The fourth-order valence-electron chi connectivity index (χ4n) is 6.56. The first kappa shape index (κ1) is 22.6. The van der Waals surface area contributed by atoms with Gasteiger partial charge in [-0.15, -0.1) is 0 Å². The summed E-state index contributed by atoms with van der Waals surface area (Å²) in [6, 6.07) is 9.93.